The van der Waals surface area contributed by atoms with E-state index >= 15 is 0 Å². The number of piperazine rings is 1. The predicted octanol–water partition coefficient (Wildman–Crippen LogP) is 2.01. The topological polar surface area (TPSA) is 189 Å². The van der Waals surface area contributed by atoms with Crippen LogP contribution in [-0.2, 0) is 21.4 Å². The Labute approximate surface area is 262 Å². The van der Waals surface area contributed by atoms with Crippen LogP contribution in [0.5, 0.6) is 0 Å². The van der Waals surface area contributed by atoms with Gasteiger partial charge in [0.2, 0.25) is 27.8 Å². The number of carbonyl (C=O) groups is 3. The smallest absolute Gasteiger partial charge is 0.329 e. The molecule has 45 heavy (non-hydrogen) atoms. The molecule has 2 fully saturated rings. The van der Waals surface area contributed by atoms with E-state index in [-0.39, 0.29) is 41.6 Å². The summed E-state index contributed by atoms with van der Waals surface area (Å²) in [5.74, 6) is -0.159. The summed E-state index contributed by atoms with van der Waals surface area (Å²) >= 11 is 1.29. The van der Waals surface area contributed by atoms with Gasteiger partial charge >= 0.3 is 6.03 Å². The number of pyridine rings is 1. The van der Waals surface area contributed by atoms with E-state index in [4.69, 9.17) is 5.73 Å². The van der Waals surface area contributed by atoms with Gasteiger partial charge in [-0.25, -0.2) is 18.2 Å². The van der Waals surface area contributed by atoms with E-state index in [9.17, 15) is 22.8 Å². The van der Waals surface area contributed by atoms with Crippen LogP contribution in [0.3, 0.4) is 0 Å². The summed E-state index contributed by atoms with van der Waals surface area (Å²) in [7, 11) is -3.72. The van der Waals surface area contributed by atoms with Gasteiger partial charge in [0, 0.05) is 57.6 Å². The van der Waals surface area contributed by atoms with Crippen LogP contribution < -0.4 is 21.3 Å². The molecule has 3 aromatic heterocycles. The summed E-state index contributed by atoms with van der Waals surface area (Å²) in [5.41, 5.74) is 8.21. The van der Waals surface area contributed by atoms with Crippen LogP contribution >= 0.6 is 11.3 Å². The normalized spacial score (nSPS) is 16.5. The first-order valence-electron chi connectivity index (χ1n) is 14.1. The minimum Gasteiger partial charge on any atom is -0.368 e. The molecular formula is C28H30N10O5S2. The van der Waals surface area contributed by atoms with Crippen molar-refractivity contribution in [3.05, 3.63) is 70.0 Å². The third-order valence-electron chi connectivity index (χ3n) is 7.51. The molecule has 2 aliphatic heterocycles. The number of nitrogen functional groups attached to an aromatic ring is 1. The van der Waals surface area contributed by atoms with Crippen molar-refractivity contribution in [1.82, 2.24) is 34.3 Å². The lowest BCUT2D eigenvalue weighted by atomic mass is 10.2. The van der Waals surface area contributed by atoms with Crippen LogP contribution in [0.15, 0.2) is 58.9 Å². The second-order valence-electron chi connectivity index (χ2n) is 10.6. The van der Waals surface area contributed by atoms with Gasteiger partial charge in [-0.1, -0.05) is 6.07 Å². The lowest BCUT2D eigenvalue weighted by Gasteiger charge is -2.34. The molecule has 2 saturated heterocycles. The van der Waals surface area contributed by atoms with Crippen LogP contribution in [0.2, 0.25) is 0 Å². The van der Waals surface area contributed by atoms with Gasteiger partial charge in [-0.15, -0.1) is 16.4 Å². The molecule has 0 aliphatic carbocycles. The standard InChI is InChI=1S/C28H30N10O5S2/c1-18-9-15-44-24(18)25(40)38-26(29)33-27(34-38)31-20-3-5-21(6-4-20)45(42,43)36-13-11-35(12-14-36)17-19-2-7-22(30-16-19)37-10-8-23(39)32-28(37)41/h2-7,9,15-16H,8,10-14,17H2,1H3,(H,32,39,41)(H3,29,31,33,34). The zero-order valence-electron chi connectivity index (χ0n) is 24.2. The largest absolute Gasteiger partial charge is 0.368 e. The number of nitrogens with zero attached hydrogens (tertiary/aromatic N) is 7. The number of benzene rings is 1. The number of carbonyl (C=O) groups excluding carboxylic acids is 3. The molecule has 5 heterocycles. The number of amides is 3. The SMILES string of the molecule is Cc1ccsc1C(=O)n1nc(Nc2ccc(S(=O)(=O)N3CCN(Cc4ccc(N5CCC(=O)NC5=O)nc4)CC3)cc2)nc1N. The third-order valence-corrected chi connectivity index (χ3v) is 10.4. The van der Waals surface area contributed by atoms with Crippen molar-refractivity contribution >= 4 is 62.6 Å². The van der Waals surface area contributed by atoms with Crippen molar-refractivity contribution in [2.24, 2.45) is 0 Å². The quantitative estimate of drug-likeness (QED) is 0.253. The van der Waals surface area contributed by atoms with Gasteiger partial charge in [-0.2, -0.15) is 14.0 Å². The molecule has 234 valence electrons. The van der Waals surface area contributed by atoms with Crippen molar-refractivity contribution in [2.45, 2.75) is 24.8 Å². The van der Waals surface area contributed by atoms with E-state index in [0.717, 1.165) is 15.8 Å². The highest BCUT2D eigenvalue weighted by Crippen LogP contribution is 2.24. The first kappa shape index (κ1) is 30.3. The number of nitrogens with two attached hydrogens (primary N) is 1. The molecule has 0 unspecified atom stereocenters. The summed E-state index contributed by atoms with van der Waals surface area (Å²) in [6.07, 6.45) is 1.91. The van der Waals surface area contributed by atoms with Crippen molar-refractivity contribution in [3.8, 4) is 0 Å². The van der Waals surface area contributed by atoms with Gasteiger partial charge in [0.05, 0.1) is 9.77 Å². The second-order valence-corrected chi connectivity index (χ2v) is 13.4. The van der Waals surface area contributed by atoms with E-state index in [1.165, 1.54) is 32.7 Å². The number of hydrogen-bond donors (Lipinski definition) is 3. The Morgan fingerprint density at radius 3 is 2.44 bits per heavy atom. The summed E-state index contributed by atoms with van der Waals surface area (Å²) in [5, 5.41) is 11.2. The molecule has 6 rings (SSSR count). The number of aromatic nitrogens is 4. The maximum atomic E-state index is 13.4. The zero-order chi connectivity index (χ0) is 31.7. The number of aryl methyl sites for hydroxylation is 1. The van der Waals surface area contributed by atoms with Gasteiger partial charge in [-0.05, 0) is 59.8 Å². The highest BCUT2D eigenvalue weighted by Gasteiger charge is 2.29. The molecule has 0 spiro atoms. The molecule has 17 heteroatoms. The molecule has 4 N–H and O–H groups in total. The fraction of sp³-hybridized carbons (Fsp3) is 0.286. The molecule has 3 amide bonds. The summed E-state index contributed by atoms with van der Waals surface area (Å²) < 4.78 is 29.2. The number of rotatable bonds is 8. The lowest BCUT2D eigenvalue weighted by molar-refractivity contribution is -0.120. The number of nitrogens with one attached hydrogen (secondary N) is 2. The van der Waals surface area contributed by atoms with Crippen molar-refractivity contribution < 1.29 is 22.8 Å². The first-order valence-corrected chi connectivity index (χ1v) is 16.4. The summed E-state index contributed by atoms with van der Waals surface area (Å²) in [6, 6.07) is 11.2. The van der Waals surface area contributed by atoms with Gasteiger partial charge in [0.1, 0.15) is 5.82 Å². The summed E-state index contributed by atoms with van der Waals surface area (Å²) in [6.45, 7) is 4.42. The molecule has 4 aromatic rings. The summed E-state index contributed by atoms with van der Waals surface area (Å²) in [4.78, 5) is 49.0. The number of imide groups is 1. The van der Waals surface area contributed by atoms with Gasteiger partial charge < -0.3 is 11.1 Å². The number of urea groups is 1. The van der Waals surface area contributed by atoms with Crippen LogP contribution in [0.4, 0.5) is 28.2 Å². The Hall–Kier alpha value is -4.71. The molecule has 0 saturated carbocycles. The Morgan fingerprint density at radius 1 is 1.04 bits per heavy atom. The zero-order valence-corrected chi connectivity index (χ0v) is 25.8. The van der Waals surface area contributed by atoms with Gasteiger partial charge in [0.15, 0.2) is 0 Å². The minimum atomic E-state index is -3.72. The Morgan fingerprint density at radius 2 is 1.80 bits per heavy atom. The molecule has 0 radical (unpaired) electrons. The highest BCUT2D eigenvalue weighted by molar-refractivity contribution is 7.89. The monoisotopic (exact) mass is 650 g/mol. The van der Waals surface area contributed by atoms with Gasteiger partial charge in [0.25, 0.3) is 5.91 Å². The average molecular weight is 651 g/mol. The second kappa shape index (κ2) is 12.4. The van der Waals surface area contributed by atoms with Crippen LogP contribution in [0.25, 0.3) is 0 Å². The van der Waals surface area contributed by atoms with Gasteiger partial charge in [-0.3, -0.25) is 24.7 Å². The molecule has 15 nitrogen and oxygen atoms in total. The molecule has 2 aliphatic rings. The first-order chi connectivity index (χ1) is 21.6. The van der Waals surface area contributed by atoms with Crippen LogP contribution in [-0.4, -0.2) is 87.9 Å². The maximum absolute atomic E-state index is 13.4. The van der Waals surface area contributed by atoms with E-state index in [2.05, 4.69) is 30.6 Å². The Kier molecular flexibility index (Phi) is 8.32. The average Bonchev–Trinajstić information content (AvgIpc) is 3.62. The fourth-order valence-electron chi connectivity index (χ4n) is 5.04. The minimum absolute atomic E-state index is 0.0628. The lowest BCUT2D eigenvalue weighted by Crippen LogP contribution is -2.50. The van der Waals surface area contributed by atoms with Crippen LogP contribution in [0.1, 0.15) is 27.2 Å². The van der Waals surface area contributed by atoms with Crippen molar-refractivity contribution in [2.75, 3.05) is 48.7 Å². The van der Waals surface area contributed by atoms with E-state index in [1.807, 2.05) is 24.4 Å². The Balaban J connectivity index is 1.03. The molecular weight excluding hydrogens is 621 g/mol. The molecule has 0 atom stereocenters. The Bertz CT molecular complexity index is 1850. The van der Waals surface area contributed by atoms with Crippen molar-refractivity contribution in [3.63, 3.8) is 0 Å². The highest BCUT2D eigenvalue weighted by atomic mass is 32.2. The van der Waals surface area contributed by atoms with E-state index in [1.54, 1.807) is 24.4 Å². The number of hydrogen-bond acceptors (Lipinski definition) is 12. The number of sulfonamides is 1. The molecule has 1 aromatic carbocycles. The number of anilines is 4. The van der Waals surface area contributed by atoms with E-state index < -0.39 is 16.1 Å². The van der Waals surface area contributed by atoms with Crippen LogP contribution in [0, 0.1) is 6.92 Å². The fourth-order valence-corrected chi connectivity index (χ4v) is 7.31. The maximum Gasteiger partial charge on any atom is 0.329 e. The number of thiophene rings is 1. The third kappa shape index (κ3) is 6.41. The van der Waals surface area contributed by atoms with E-state index in [0.29, 0.717) is 49.1 Å². The van der Waals surface area contributed by atoms with Crippen molar-refractivity contribution in [1.29, 1.82) is 0 Å². The molecule has 0 bridgehead atoms. The predicted molar refractivity (Wildman–Crippen MR) is 167 cm³/mol.